The van der Waals surface area contributed by atoms with Crippen LogP contribution >= 0.6 is 11.6 Å². The lowest BCUT2D eigenvalue weighted by atomic mass is 10.0. The number of hydrogen-bond acceptors (Lipinski definition) is 6. The van der Waals surface area contributed by atoms with Crippen molar-refractivity contribution in [3.63, 3.8) is 0 Å². The van der Waals surface area contributed by atoms with Crippen molar-refractivity contribution in [3.8, 4) is 11.1 Å². The van der Waals surface area contributed by atoms with E-state index in [-0.39, 0.29) is 16.8 Å². The normalized spacial score (nSPS) is 18.5. The fourth-order valence-corrected chi connectivity index (χ4v) is 4.87. The number of anilines is 2. The third-order valence-corrected chi connectivity index (χ3v) is 6.74. The number of nitro groups is 1. The summed E-state index contributed by atoms with van der Waals surface area (Å²) in [7, 11) is 0. The van der Waals surface area contributed by atoms with E-state index in [1.807, 2.05) is 12.3 Å². The Labute approximate surface area is 197 Å². The molecule has 0 radical (unpaired) electrons. The fourth-order valence-electron chi connectivity index (χ4n) is 4.68. The van der Waals surface area contributed by atoms with E-state index in [1.165, 1.54) is 0 Å². The smallest absolute Gasteiger partial charge is 0.288 e. The van der Waals surface area contributed by atoms with Crippen LogP contribution in [-0.2, 0) is 4.74 Å². The minimum Gasteiger partial charge on any atom is -0.378 e. The van der Waals surface area contributed by atoms with Crippen molar-refractivity contribution in [2.75, 3.05) is 42.6 Å². The first-order valence-electron chi connectivity index (χ1n) is 11.2. The van der Waals surface area contributed by atoms with Gasteiger partial charge in [-0.15, -0.1) is 0 Å². The van der Waals surface area contributed by atoms with Gasteiger partial charge in [0.05, 0.1) is 24.2 Å². The number of rotatable bonds is 5. The van der Waals surface area contributed by atoms with Gasteiger partial charge in [0.15, 0.2) is 0 Å². The molecule has 0 aliphatic carbocycles. The molecular formula is C25H25ClN4O3. The summed E-state index contributed by atoms with van der Waals surface area (Å²) in [4.78, 5) is 20.1. The summed E-state index contributed by atoms with van der Waals surface area (Å²) in [5.74, 6) is 0.982. The number of aromatic nitrogens is 1. The first-order chi connectivity index (χ1) is 16.1. The molecule has 3 aromatic rings. The van der Waals surface area contributed by atoms with E-state index < -0.39 is 4.92 Å². The van der Waals surface area contributed by atoms with E-state index in [1.54, 1.807) is 12.1 Å². The molecule has 7 nitrogen and oxygen atoms in total. The predicted molar refractivity (Wildman–Crippen MR) is 130 cm³/mol. The average molecular weight is 465 g/mol. The van der Waals surface area contributed by atoms with Crippen LogP contribution in [0.4, 0.5) is 17.2 Å². The number of nitro benzene ring substituents is 1. The van der Waals surface area contributed by atoms with E-state index in [2.05, 4.69) is 51.2 Å². The number of nitrogens with zero attached hydrogens (tertiary/aromatic N) is 4. The van der Waals surface area contributed by atoms with Gasteiger partial charge in [-0.3, -0.25) is 10.1 Å². The van der Waals surface area contributed by atoms with E-state index >= 15 is 0 Å². The topological polar surface area (TPSA) is 71.7 Å². The molecule has 2 aromatic carbocycles. The number of benzene rings is 2. The maximum Gasteiger partial charge on any atom is 0.288 e. The van der Waals surface area contributed by atoms with Crippen molar-refractivity contribution in [2.24, 2.45) is 0 Å². The van der Waals surface area contributed by atoms with Crippen LogP contribution in [0.2, 0.25) is 5.02 Å². The average Bonchev–Trinajstić information content (AvgIpc) is 3.35. The minimum atomic E-state index is -0.418. The summed E-state index contributed by atoms with van der Waals surface area (Å²) in [6.07, 6.45) is 3.91. The largest absolute Gasteiger partial charge is 0.378 e. The first kappa shape index (κ1) is 21.7. The molecule has 2 fully saturated rings. The van der Waals surface area contributed by atoms with Gasteiger partial charge in [-0.05, 0) is 54.3 Å². The molecule has 170 valence electrons. The summed E-state index contributed by atoms with van der Waals surface area (Å²) < 4.78 is 5.42. The Hall–Kier alpha value is -3.16. The van der Waals surface area contributed by atoms with E-state index in [0.29, 0.717) is 0 Å². The van der Waals surface area contributed by atoms with Gasteiger partial charge in [-0.2, -0.15) is 0 Å². The first-order valence-corrected chi connectivity index (χ1v) is 11.6. The lowest BCUT2D eigenvalue weighted by Gasteiger charge is -2.28. The van der Waals surface area contributed by atoms with Crippen LogP contribution in [-0.4, -0.2) is 42.8 Å². The molecule has 33 heavy (non-hydrogen) atoms. The number of hydrogen-bond donors (Lipinski definition) is 0. The van der Waals surface area contributed by atoms with E-state index in [9.17, 15) is 10.1 Å². The second-order valence-electron chi connectivity index (χ2n) is 8.37. The Morgan fingerprint density at radius 2 is 1.76 bits per heavy atom. The van der Waals surface area contributed by atoms with Gasteiger partial charge in [-0.1, -0.05) is 29.8 Å². The zero-order valence-electron chi connectivity index (χ0n) is 18.2. The summed E-state index contributed by atoms with van der Waals surface area (Å²) in [5, 5.41) is 11.5. The van der Waals surface area contributed by atoms with E-state index in [4.69, 9.17) is 16.3 Å². The second kappa shape index (κ2) is 9.37. The molecule has 2 aliphatic heterocycles. The Morgan fingerprint density at radius 1 is 1.00 bits per heavy atom. The van der Waals surface area contributed by atoms with Crippen LogP contribution in [0.15, 0.2) is 60.8 Å². The van der Waals surface area contributed by atoms with Gasteiger partial charge in [0, 0.05) is 43.1 Å². The summed E-state index contributed by atoms with van der Waals surface area (Å²) >= 11 is 6.01. The summed E-state index contributed by atoms with van der Waals surface area (Å²) in [6, 6.07) is 17.9. The van der Waals surface area contributed by atoms with Crippen molar-refractivity contribution in [1.29, 1.82) is 0 Å². The molecule has 1 atom stereocenters. The molecule has 2 saturated heterocycles. The third-order valence-electron chi connectivity index (χ3n) is 6.42. The Morgan fingerprint density at radius 3 is 2.45 bits per heavy atom. The third kappa shape index (κ3) is 4.51. The monoisotopic (exact) mass is 464 g/mol. The van der Waals surface area contributed by atoms with Gasteiger partial charge >= 0.3 is 0 Å². The Balaban J connectivity index is 1.33. The van der Waals surface area contributed by atoms with Crippen LogP contribution in [0.25, 0.3) is 11.1 Å². The SMILES string of the molecule is O=[N+]([O-])c1cc(C2CCCN2c2ccc(-c3ccc(N4CCOCC4)nc3)cc2)ccc1Cl. The maximum atomic E-state index is 11.3. The Kier molecular flexibility index (Phi) is 6.15. The molecule has 2 aliphatic rings. The predicted octanol–water partition coefficient (Wildman–Crippen LogP) is 5.49. The Bertz CT molecular complexity index is 1130. The highest BCUT2D eigenvalue weighted by atomic mass is 35.5. The maximum absolute atomic E-state index is 11.3. The molecule has 5 rings (SSSR count). The highest BCUT2D eigenvalue weighted by Crippen LogP contribution is 2.39. The molecule has 1 unspecified atom stereocenters. The van der Waals surface area contributed by atoms with Crippen LogP contribution in [0.5, 0.6) is 0 Å². The van der Waals surface area contributed by atoms with Gasteiger partial charge in [0.25, 0.3) is 5.69 Å². The molecule has 0 bridgehead atoms. The molecule has 0 saturated carbocycles. The number of ether oxygens (including phenoxy) is 1. The van der Waals surface area contributed by atoms with Gasteiger partial charge in [0.2, 0.25) is 0 Å². The molecule has 3 heterocycles. The number of halogens is 1. The molecular weight excluding hydrogens is 440 g/mol. The van der Waals surface area contributed by atoms with Crippen molar-refractivity contribution in [3.05, 3.63) is 81.5 Å². The van der Waals surface area contributed by atoms with Crippen LogP contribution < -0.4 is 9.80 Å². The molecule has 0 amide bonds. The second-order valence-corrected chi connectivity index (χ2v) is 8.78. The van der Waals surface area contributed by atoms with Gasteiger partial charge in [0.1, 0.15) is 10.8 Å². The quantitative estimate of drug-likeness (QED) is 0.367. The highest BCUT2D eigenvalue weighted by molar-refractivity contribution is 6.32. The molecule has 8 heteroatoms. The fraction of sp³-hybridized carbons (Fsp3) is 0.320. The zero-order valence-corrected chi connectivity index (χ0v) is 18.9. The summed E-state index contributed by atoms with van der Waals surface area (Å²) in [5.41, 5.74) is 4.18. The van der Waals surface area contributed by atoms with Crippen molar-refractivity contribution >= 4 is 28.8 Å². The molecule has 0 spiro atoms. The van der Waals surface area contributed by atoms with Gasteiger partial charge < -0.3 is 14.5 Å². The lowest BCUT2D eigenvalue weighted by molar-refractivity contribution is -0.384. The van der Waals surface area contributed by atoms with Crippen molar-refractivity contribution in [2.45, 2.75) is 18.9 Å². The molecule has 1 aromatic heterocycles. The minimum absolute atomic E-state index is 0.0376. The zero-order chi connectivity index (χ0) is 22.8. The van der Waals surface area contributed by atoms with Crippen LogP contribution in [0.1, 0.15) is 24.4 Å². The lowest BCUT2D eigenvalue weighted by Crippen LogP contribution is -2.36. The van der Waals surface area contributed by atoms with Crippen molar-refractivity contribution < 1.29 is 9.66 Å². The van der Waals surface area contributed by atoms with Gasteiger partial charge in [-0.25, -0.2) is 4.98 Å². The van der Waals surface area contributed by atoms with Crippen molar-refractivity contribution in [1.82, 2.24) is 4.98 Å². The van der Waals surface area contributed by atoms with Crippen LogP contribution in [0.3, 0.4) is 0 Å². The standard InChI is InChI=1S/C25H25ClN4O3/c26-22-9-5-19(16-24(22)30(31)32)23-2-1-11-29(23)21-7-3-18(4-8-21)20-6-10-25(27-17-20)28-12-14-33-15-13-28/h3-10,16-17,23H,1-2,11-15H2. The highest BCUT2D eigenvalue weighted by Gasteiger charge is 2.28. The number of morpholine rings is 1. The number of pyridine rings is 1. The summed E-state index contributed by atoms with van der Waals surface area (Å²) in [6.45, 7) is 4.14. The van der Waals surface area contributed by atoms with E-state index in [0.717, 1.165) is 73.9 Å². The van der Waals surface area contributed by atoms with Crippen LogP contribution in [0, 0.1) is 10.1 Å². The molecule has 0 N–H and O–H groups in total.